The summed E-state index contributed by atoms with van der Waals surface area (Å²) in [6, 6.07) is 10.3. The van der Waals surface area contributed by atoms with Gasteiger partial charge in [-0.05, 0) is 43.7 Å². The van der Waals surface area contributed by atoms with Gasteiger partial charge in [-0.25, -0.2) is 13.4 Å². The van der Waals surface area contributed by atoms with Crippen LogP contribution in [-0.4, -0.2) is 30.8 Å². The first-order valence-corrected chi connectivity index (χ1v) is 9.05. The highest BCUT2D eigenvalue weighted by Crippen LogP contribution is 2.18. The Bertz CT molecular complexity index is 761. The second kappa shape index (κ2) is 7.29. The number of hydrogen-bond donors (Lipinski definition) is 1. The van der Waals surface area contributed by atoms with Gasteiger partial charge in [0.2, 0.25) is 10.0 Å². The van der Waals surface area contributed by atoms with Crippen molar-refractivity contribution in [1.82, 2.24) is 9.29 Å². The number of sulfonamides is 1. The summed E-state index contributed by atoms with van der Waals surface area (Å²) < 4.78 is 26.1. The molecule has 1 heterocycles. The number of anilines is 1. The van der Waals surface area contributed by atoms with E-state index in [1.54, 1.807) is 43.6 Å². The minimum Gasteiger partial charge on any atom is -0.381 e. The minimum absolute atomic E-state index is 0.0854. The lowest BCUT2D eigenvalue weighted by molar-refractivity contribution is 0.410. The van der Waals surface area contributed by atoms with Crippen LogP contribution in [-0.2, 0) is 16.6 Å². The molecule has 23 heavy (non-hydrogen) atoms. The summed E-state index contributed by atoms with van der Waals surface area (Å²) in [7, 11) is -1.85. The Morgan fingerprint density at radius 1 is 1.22 bits per heavy atom. The van der Waals surface area contributed by atoms with E-state index < -0.39 is 10.0 Å². The molecule has 0 radical (unpaired) electrons. The van der Waals surface area contributed by atoms with Gasteiger partial charge in [0.25, 0.3) is 0 Å². The van der Waals surface area contributed by atoms with Crippen LogP contribution >= 0.6 is 11.6 Å². The van der Waals surface area contributed by atoms with Crippen molar-refractivity contribution < 1.29 is 8.42 Å². The molecule has 0 bridgehead atoms. The lowest BCUT2D eigenvalue weighted by atomic mass is 10.2. The smallest absolute Gasteiger partial charge is 0.243 e. The highest BCUT2D eigenvalue weighted by molar-refractivity contribution is 7.89. The van der Waals surface area contributed by atoms with Gasteiger partial charge in [-0.3, -0.25) is 0 Å². The molecule has 1 aromatic heterocycles. The zero-order valence-electron chi connectivity index (χ0n) is 13.3. The van der Waals surface area contributed by atoms with Crippen molar-refractivity contribution in [2.45, 2.75) is 31.3 Å². The van der Waals surface area contributed by atoms with E-state index in [4.69, 9.17) is 11.6 Å². The van der Waals surface area contributed by atoms with Gasteiger partial charge in [0, 0.05) is 31.5 Å². The number of pyridine rings is 1. The van der Waals surface area contributed by atoms with Crippen LogP contribution in [0.25, 0.3) is 0 Å². The molecule has 5 nitrogen and oxygen atoms in total. The molecule has 0 saturated carbocycles. The van der Waals surface area contributed by atoms with E-state index in [0.717, 1.165) is 11.3 Å². The van der Waals surface area contributed by atoms with Crippen molar-refractivity contribution in [3.63, 3.8) is 0 Å². The third-order valence-electron chi connectivity index (χ3n) is 3.55. The van der Waals surface area contributed by atoms with Gasteiger partial charge >= 0.3 is 0 Å². The Morgan fingerprint density at radius 2 is 1.87 bits per heavy atom. The van der Waals surface area contributed by atoms with Crippen molar-refractivity contribution in [3.05, 3.63) is 53.3 Å². The SMILES string of the molecule is CC(C)N(C)S(=O)(=O)c1ccc(CNc2ccnc(Cl)c2)cc1. The van der Waals surface area contributed by atoms with E-state index in [0.29, 0.717) is 16.6 Å². The molecule has 2 rings (SSSR count). The lowest BCUT2D eigenvalue weighted by Crippen LogP contribution is -2.33. The lowest BCUT2D eigenvalue weighted by Gasteiger charge is -2.21. The summed E-state index contributed by atoms with van der Waals surface area (Å²) in [5.41, 5.74) is 1.84. The highest BCUT2D eigenvalue weighted by atomic mass is 35.5. The van der Waals surface area contributed by atoms with Crippen LogP contribution in [0.3, 0.4) is 0 Å². The highest BCUT2D eigenvalue weighted by Gasteiger charge is 2.22. The number of halogens is 1. The van der Waals surface area contributed by atoms with Crippen molar-refractivity contribution in [2.75, 3.05) is 12.4 Å². The van der Waals surface area contributed by atoms with Gasteiger partial charge in [0.15, 0.2) is 0 Å². The average molecular weight is 354 g/mol. The molecule has 124 valence electrons. The Balaban J connectivity index is 2.08. The third kappa shape index (κ3) is 4.43. The largest absolute Gasteiger partial charge is 0.381 e. The molecule has 1 N–H and O–H groups in total. The molecule has 7 heteroatoms. The average Bonchev–Trinajstić information content (AvgIpc) is 2.52. The van der Waals surface area contributed by atoms with Gasteiger partial charge in [0.05, 0.1) is 4.90 Å². The molecular formula is C16H20ClN3O2S. The molecule has 0 amide bonds. The summed E-state index contributed by atoms with van der Waals surface area (Å²) >= 11 is 5.83. The van der Waals surface area contributed by atoms with Crippen LogP contribution < -0.4 is 5.32 Å². The maximum atomic E-state index is 12.4. The molecule has 2 aromatic rings. The van der Waals surface area contributed by atoms with E-state index in [1.807, 2.05) is 19.9 Å². The first-order valence-electron chi connectivity index (χ1n) is 7.23. The van der Waals surface area contributed by atoms with Gasteiger partial charge in [-0.15, -0.1) is 0 Å². The molecule has 0 aliphatic rings. The third-order valence-corrected chi connectivity index (χ3v) is 5.81. The van der Waals surface area contributed by atoms with Crippen LogP contribution in [0.5, 0.6) is 0 Å². The van der Waals surface area contributed by atoms with Gasteiger partial charge in [0.1, 0.15) is 5.15 Å². The van der Waals surface area contributed by atoms with Crippen LogP contribution in [0.1, 0.15) is 19.4 Å². The zero-order chi connectivity index (χ0) is 17.0. The fourth-order valence-electron chi connectivity index (χ4n) is 1.94. The van der Waals surface area contributed by atoms with E-state index in [2.05, 4.69) is 10.3 Å². The number of rotatable bonds is 6. The summed E-state index contributed by atoms with van der Waals surface area (Å²) in [6.45, 7) is 4.26. The first kappa shape index (κ1) is 17.7. The molecular weight excluding hydrogens is 334 g/mol. The summed E-state index contributed by atoms with van der Waals surface area (Å²) in [6.07, 6.45) is 1.63. The first-order chi connectivity index (χ1) is 10.8. The summed E-state index contributed by atoms with van der Waals surface area (Å²) in [5.74, 6) is 0. The maximum absolute atomic E-state index is 12.4. The second-order valence-corrected chi connectivity index (χ2v) is 7.86. The van der Waals surface area contributed by atoms with Crippen molar-refractivity contribution in [3.8, 4) is 0 Å². The standard InChI is InChI=1S/C16H20ClN3O2S/c1-12(2)20(3)23(21,22)15-6-4-13(5-7-15)11-19-14-8-9-18-16(17)10-14/h4-10,12H,11H2,1-3H3,(H,18,19). The topological polar surface area (TPSA) is 62.3 Å². The molecule has 0 atom stereocenters. The van der Waals surface area contributed by atoms with E-state index in [9.17, 15) is 8.42 Å². The minimum atomic E-state index is -3.44. The predicted molar refractivity (Wildman–Crippen MR) is 93.1 cm³/mol. The van der Waals surface area contributed by atoms with Gasteiger partial charge < -0.3 is 5.32 Å². The summed E-state index contributed by atoms with van der Waals surface area (Å²) in [4.78, 5) is 4.21. The molecule has 1 aromatic carbocycles. The molecule has 0 fully saturated rings. The van der Waals surface area contributed by atoms with E-state index in [-0.39, 0.29) is 6.04 Å². The number of nitrogens with one attached hydrogen (secondary N) is 1. The zero-order valence-corrected chi connectivity index (χ0v) is 14.9. The maximum Gasteiger partial charge on any atom is 0.243 e. The second-order valence-electron chi connectivity index (χ2n) is 5.48. The Labute approximate surface area is 142 Å². The Kier molecular flexibility index (Phi) is 5.62. The van der Waals surface area contributed by atoms with Gasteiger partial charge in [-0.2, -0.15) is 4.31 Å². The van der Waals surface area contributed by atoms with Gasteiger partial charge in [-0.1, -0.05) is 23.7 Å². The predicted octanol–water partition coefficient (Wildman–Crippen LogP) is 3.38. The van der Waals surface area contributed by atoms with Crippen molar-refractivity contribution in [1.29, 1.82) is 0 Å². The molecule has 0 unspecified atom stereocenters. The molecule has 0 spiro atoms. The fraction of sp³-hybridized carbons (Fsp3) is 0.312. The normalized spacial score (nSPS) is 11.9. The van der Waals surface area contributed by atoms with Crippen LogP contribution in [0, 0.1) is 0 Å². The molecule has 0 aliphatic heterocycles. The number of nitrogens with zero attached hydrogens (tertiary/aromatic N) is 2. The number of aromatic nitrogens is 1. The Morgan fingerprint density at radius 3 is 2.43 bits per heavy atom. The number of benzene rings is 1. The van der Waals surface area contributed by atoms with Crippen LogP contribution in [0.4, 0.5) is 5.69 Å². The van der Waals surface area contributed by atoms with Crippen LogP contribution in [0.15, 0.2) is 47.5 Å². The molecule has 0 saturated heterocycles. The van der Waals surface area contributed by atoms with Crippen molar-refractivity contribution >= 4 is 27.3 Å². The monoisotopic (exact) mass is 353 g/mol. The molecule has 0 aliphatic carbocycles. The van der Waals surface area contributed by atoms with E-state index in [1.165, 1.54) is 4.31 Å². The summed E-state index contributed by atoms with van der Waals surface area (Å²) in [5, 5.41) is 3.64. The van der Waals surface area contributed by atoms with E-state index >= 15 is 0 Å². The quantitative estimate of drug-likeness (QED) is 0.809. The Hall–Kier alpha value is -1.63. The van der Waals surface area contributed by atoms with Crippen LogP contribution in [0.2, 0.25) is 5.15 Å². The number of hydrogen-bond acceptors (Lipinski definition) is 4. The fourth-order valence-corrected chi connectivity index (χ4v) is 3.48. The van der Waals surface area contributed by atoms with Crippen molar-refractivity contribution in [2.24, 2.45) is 0 Å².